The standard InChI is InChI=1S/C25H29N5O4S/c31-25(18-10-12-22(13-11-18)35(32,33)26-17-21-8-5-15-34-21)27-20-7-4-6-19(16-20)24-29-28-23-9-2-1-3-14-30(23)24/h4,6-7,10-13,16,21,26H,1-3,5,8-9,14-15,17H2,(H,27,31). The number of ether oxygens (including phenoxy) is 1. The molecule has 184 valence electrons. The van der Waals surface area contributed by atoms with E-state index >= 15 is 0 Å². The summed E-state index contributed by atoms with van der Waals surface area (Å²) < 4.78 is 35.3. The van der Waals surface area contributed by atoms with Gasteiger partial charge in [0.2, 0.25) is 10.0 Å². The number of anilines is 1. The summed E-state index contributed by atoms with van der Waals surface area (Å²) in [6.07, 6.45) is 6.05. The molecule has 0 radical (unpaired) electrons. The maximum absolute atomic E-state index is 12.8. The van der Waals surface area contributed by atoms with Gasteiger partial charge in [-0.3, -0.25) is 4.79 Å². The van der Waals surface area contributed by atoms with Gasteiger partial charge in [0.05, 0.1) is 11.0 Å². The molecule has 5 rings (SSSR count). The fourth-order valence-corrected chi connectivity index (χ4v) is 5.58. The Labute approximate surface area is 205 Å². The molecule has 35 heavy (non-hydrogen) atoms. The molecule has 0 bridgehead atoms. The largest absolute Gasteiger partial charge is 0.377 e. The quantitative estimate of drug-likeness (QED) is 0.519. The van der Waals surface area contributed by atoms with Crippen LogP contribution in [0.3, 0.4) is 0 Å². The van der Waals surface area contributed by atoms with Gasteiger partial charge in [-0.15, -0.1) is 10.2 Å². The summed E-state index contributed by atoms with van der Waals surface area (Å²) >= 11 is 0. The van der Waals surface area contributed by atoms with E-state index < -0.39 is 10.0 Å². The van der Waals surface area contributed by atoms with E-state index in [1.54, 1.807) is 0 Å². The zero-order chi connectivity index (χ0) is 24.3. The first-order valence-electron chi connectivity index (χ1n) is 12.0. The predicted octanol–water partition coefficient (Wildman–Crippen LogP) is 3.38. The van der Waals surface area contributed by atoms with E-state index in [0.717, 1.165) is 55.9 Å². The summed E-state index contributed by atoms with van der Waals surface area (Å²) in [5, 5.41) is 11.6. The summed E-state index contributed by atoms with van der Waals surface area (Å²) in [6, 6.07) is 13.4. The van der Waals surface area contributed by atoms with Gasteiger partial charge < -0.3 is 14.6 Å². The lowest BCUT2D eigenvalue weighted by molar-refractivity contribution is 0.102. The smallest absolute Gasteiger partial charge is 0.255 e. The average Bonchev–Trinajstić information content (AvgIpc) is 3.48. The van der Waals surface area contributed by atoms with E-state index in [9.17, 15) is 13.2 Å². The van der Waals surface area contributed by atoms with Gasteiger partial charge in [-0.1, -0.05) is 18.6 Å². The minimum atomic E-state index is -3.67. The molecule has 1 amide bonds. The van der Waals surface area contributed by atoms with E-state index in [-0.39, 0.29) is 23.5 Å². The second-order valence-corrected chi connectivity index (χ2v) is 10.7. The third-order valence-corrected chi connectivity index (χ3v) is 7.88. The number of fused-ring (bicyclic) bond motifs is 1. The molecule has 1 unspecified atom stereocenters. The average molecular weight is 496 g/mol. The number of aromatic nitrogens is 3. The van der Waals surface area contributed by atoms with E-state index in [4.69, 9.17) is 4.74 Å². The molecular formula is C25H29N5O4S. The van der Waals surface area contributed by atoms with Crippen LogP contribution in [0.2, 0.25) is 0 Å². The highest BCUT2D eigenvalue weighted by Crippen LogP contribution is 2.25. The SMILES string of the molecule is O=C(Nc1cccc(-c2nnc3n2CCCCC3)c1)c1ccc(S(=O)(=O)NCC2CCCO2)cc1. The fraction of sp³-hybridized carbons (Fsp3) is 0.400. The maximum atomic E-state index is 12.8. The van der Waals surface area contributed by atoms with Crippen molar-refractivity contribution >= 4 is 21.6 Å². The van der Waals surface area contributed by atoms with Crippen molar-refractivity contribution in [2.75, 3.05) is 18.5 Å². The Hall–Kier alpha value is -3.08. The number of amides is 1. The van der Waals surface area contributed by atoms with Crippen LogP contribution in [0.25, 0.3) is 11.4 Å². The Morgan fingerprint density at radius 1 is 1.06 bits per heavy atom. The molecule has 9 nitrogen and oxygen atoms in total. The minimum absolute atomic E-state index is 0.0849. The van der Waals surface area contributed by atoms with Crippen LogP contribution < -0.4 is 10.0 Å². The number of nitrogens with zero attached hydrogens (tertiary/aromatic N) is 3. The van der Waals surface area contributed by atoms with Gasteiger partial charge in [0.25, 0.3) is 5.91 Å². The summed E-state index contributed by atoms with van der Waals surface area (Å²) in [7, 11) is -3.67. The second-order valence-electron chi connectivity index (χ2n) is 8.95. The van der Waals surface area contributed by atoms with Gasteiger partial charge in [-0.25, -0.2) is 13.1 Å². The third kappa shape index (κ3) is 5.44. The molecule has 0 spiro atoms. The maximum Gasteiger partial charge on any atom is 0.255 e. The molecule has 2 aliphatic rings. The molecule has 1 saturated heterocycles. The molecule has 3 aromatic rings. The van der Waals surface area contributed by atoms with Crippen molar-refractivity contribution in [3.63, 3.8) is 0 Å². The first-order chi connectivity index (χ1) is 17.0. The molecule has 3 heterocycles. The fourth-order valence-electron chi connectivity index (χ4n) is 4.51. The molecule has 0 aliphatic carbocycles. The molecule has 1 aromatic heterocycles. The Morgan fingerprint density at radius 2 is 1.91 bits per heavy atom. The molecule has 2 aliphatic heterocycles. The van der Waals surface area contributed by atoms with Crippen LogP contribution in [0.5, 0.6) is 0 Å². The highest BCUT2D eigenvalue weighted by molar-refractivity contribution is 7.89. The minimum Gasteiger partial charge on any atom is -0.377 e. The van der Waals surface area contributed by atoms with E-state index in [1.807, 2.05) is 24.3 Å². The lowest BCUT2D eigenvalue weighted by Crippen LogP contribution is -2.31. The second kappa shape index (κ2) is 10.3. The summed E-state index contributed by atoms with van der Waals surface area (Å²) in [5.41, 5.74) is 1.89. The number of hydrogen-bond acceptors (Lipinski definition) is 6. The van der Waals surface area contributed by atoms with Crippen molar-refractivity contribution in [3.05, 3.63) is 59.9 Å². The Morgan fingerprint density at radius 3 is 2.71 bits per heavy atom. The molecule has 1 fully saturated rings. The first-order valence-corrected chi connectivity index (χ1v) is 13.5. The van der Waals surface area contributed by atoms with Crippen LogP contribution in [0, 0.1) is 0 Å². The summed E-state index contributed by atoms with van der Waals surface area (Å²) in [5.74, 6) is 1.49. The van der Waals surface area contributed by atoms with Crippen LogP contribution >= 0.6 is 0 Å². The summed E-state index contributed by atoms with van der Waals surface area (Å²) in [6.45, 7) is 1.81. The molecule has 10 heteroatoms. The molecule has 2 aromatic carbocycles. The Bertz CT molecular complexity index is 1300. The van der Waals surface area contributed by atoms with Crippen molar-refractivity contribution in [1.29, 1.82) is 0 Å². The van der Waals surface area contributed by atoms with Gasteiger partial charge in [0, 0.05) is 42.9 Å². The zero-order valence-electron chi connectivity index (χ0n) is 19.4. The Kier molecular flexibility index (Phi) is 6.94. The van der Waals surface area contributed by atoms with Crippen molar-refractivity contribution in [1.82, 2.24) is 19.5 Å². The van der Waals surface area contributed by atoms with Crippen LogP contribution in [-0.2, 0) is 27.7 Å². The monoisotopic (exact) mass is 495 g/mol. The highest BCUT2D eigenvalue weighted by atomic mass is 32.2. The number of sulfonamides is 1. The lowest BCUT2D eigenvalue weighted by Gasteiger charge is -2.12. The topological polar surface area (TPSA) is 115 Å². The molecule has 1 atom stereocenters. The van der Waals surface area contributed by atoms with Gasteiger partial charge >= 0.3 is 0 Å². The summed E-state index contributed by atoms with van der Waals surface area (Å²) in [4.78, 5) is 12.9. The molecular weight excluding hydrogens is 466 g/mol. The number of benzene rings is 2. The van der Waals surface area contributed by atoms with Gasteiger partial charge in [-0.2, -0.15) is 0 Å². The number of nitrogens with one attached hydrogen (secondary N) is 2. The zero-order valence-corrected chi connectivity index (χ0v) is 20.3. The number of rotatable bonds is 7. The third-order valence-electron chi connectivity index (χ3n) is 6.44. The van der Waals surface area contributed by atoms with Crippen LogP contribution in [0.4, 0.5) is 5.69 Å². The molecule has 0 saturated carbocycles. The number of hydrogen-bond donors (Lipinski definition) is 2. The van der Waals surface area contributed by atoms with Crippen molar-refractivity contribution < 1.29 is 17.9 Å². The van der Waals surface area contributed by atoms with Crippen LogP contribution in [-0.4, -0.2) is 48.3 Å². The van der Waals surface area contributed by atoms with Crippen molar-refractivity contribution in [2.45, 2.75) is 56.1 Å². The number of carbonyl (C=O) groups excluding carboxylic acids is 1. The molecule has 2 N–H and O–H groups in total. The van der Waals surface area contributed by atoms with Crippen LogP contribution in [0.15, 0.2) is 53.4 Å². The lowest BCUT2D eigenvalue weighted by atomic mass is 10.1. The Balaban J connectivity index is 1.26. The number of aryl methyl sites for hydroxylation is 1. The van der Waals surface area contributed by atoms with Gasteiger partial charge in [0.15, 0.2) is 5.82 Å². The van der Waals surface area contributed by atoms with Gasteiger partial charge in [-0.05, 0) is 62.1 Å². The number of carbonyl (C=O) groups is 1. The van der Waals surface area contributed by atoms with Crippen molar-refractivity contribution in [3.8, 4) is 11.4 Å². The highest BCUT2D eigenvalue weighted by Gasteiger charge is 2.21. The predicted molar refractivity (Wildman–Crippen MR) is 132 cm³/mol. The first kappa shape index (κ1) is 23.7. The van der Waals surface area contributed by atoms with Gasteiger partial charge in [0.1, 0.15) is 5.82 Å². The normalized spacial score (nSPS) is 18.1. The van der Waals surface area contributed by atoms with E-state index in [1.165, 1.54) is 30.7 Å². The van der Waals surface area contributed by atoms with Crippen molar-refractivity contribution in [2.24, 2.45) is 0 Å². The van der Waals surface area contributed by atoms with Crippen LogP contribution in [0.1, 0.15) is 48.3 Å². The van der Waals surface area contributed by atoms with E-state index in [0.29, 0.717) is 17.9 Å². The van der Waals surface area contributed by atoms with E-state index in [2.05, 4.69) is 24.8 Å².